The lowest BCUT2D eigenvalue weighted by molar-refractivity contribution is -0.119. The maximum atomic E-state index is 12.7. The van der Waals surface area contributed by atoms with E-state index < -0.39 is 5.91 Å². The van der Waals surface area contributed by atoms with Crippen LogP contribution in [0.25, 0.3) is 0 Å². The van der Waals surface area contributed by atoms with E-state index in [1.54, 1.807) is 18.2 Å². The summed E-state index contributed by atoms with van der Waals surface area (Å²) in [5, 5.41) is 2.98. The fourth-order valence-electron chi connectivity index (χ4n) is 3.37. The van der Waals surface area contributed by atoms with E-state index in [0.717, 1.165) is 37.4 Å². The summed E-state index contributed by atoms with van der Waals surface area (Å²) in [6.07, 6.45) is 0. The predicted octanol–water partition coefficient (Wildman–Crippen LogP) is 1.24. The first-order chi connectivity index (χ1) is 14.5. The molecule has 3 N–H and O–H groups in total. The molecule has 0 aliphatic carbocycles. The number of nitrogens with two attached hydrogens (primary N) is 1. The van der Waals surface area contributed by atoms with Crippen LogP contribution in [0.3, 0.4) is 0 Å². The molecule has 30 heavy (non-hydrogen) atoms. The van der Waals surface area contributed by atoms with Crippen molar-refractivity contribution < 1.29 is 19.1 Å². The van der Waals surface area contributed by atoms with Crippen LogP contribution in [0.2, 0.25) is 0 Å². The molecular formula is C22H28N4O4. The zero-order valence-electron chi connectivity index (χ0n) is 17.4. The summed E-state index contributed by atoms with van der Waals surface area (Å²) in [5.41, 5.74) is 7.77. The molecule has 0 spiro atoms. The van der Waals surface area contributed by atoms with Crippen molar-refractivity contribution >= 4 is 17.5 Å². The van der Waals surface area contributed by atoms with Crippen molar-refractivity contribution in [3.05, 3.63) is 53.6 Å². The SMILES string of the molecule is COc1cc(C(=O)NCc2ccccc2N2CCN(C)CC2)ccc1OCC(N)=O. The molecule has 1 heterocycles. The van der Waals surface area contributed by atoms with Gasteiger partial charge in [0.2, 0.25) is 0 Å². The Bertz CT molecular complexity index is 894. The lowest BCUT2D eigenvalue weighted by Crippen LogP contribution is -2.45. The average Bonchev–Trinajstić information content (AvgIpc) is 2.76. The average molecular weight is 412 g/mol. The fraction of sp³-hybridized carbons (Fsp3) is 0.364. The molecule has 0 aromatic heterocycles. The number of benzene rings is 2. The molecule has 2 aromatic carbocycles. The van der Waals surface area contributed by atoms with E-state index in [1.165, 1.54) is 7.11 Å². The lowest BCUT2D eigenvalue weighted by atomic mass is 10.1. The molecule has 1 fully saturated rings. The standard InChI is InChI=1S/C22H28N4O4/c1-25-9-11-26(12-10-25)18-6-4-3-5-17(18)14-24-22(28)16-7-8-19(20(13-16)29-2)30-15-21(23)27/h3-8,13H,9-12,14-15H2,1-2H3,(H2,23,27)(H,24,28). The molecule has 0 bridgehead atoms. The minimum atomic E-state index is -0.585. The van der Waals surface area contributed by atoms with E-state index >= 15 is 0 Å². The van der Waals surface area contributed by atoms with Crippen LogP contribution in [0.15, 0.2) is 42.5 Å². The number of hydrogen-bond donors (Lipinski definition) is 2. The van der Waals surface area contributed by atoms with Crippen LogP contribution < -0.4 is 25.4 Å². The first-order valence-corrected chi connectivity index (χ1v) is 9.86. The Balaban J connectivity index is 1.67. The number of hydrogen-bond acceptors (Lipinski definition) is 6. The number of primary amides is 1. The van der Waals surface area contributed by atoms with Crippen LogP contribution >= 0.6 is 0 Å². The molecular weight excluding hydrogens is 384 g/mol. The van der Waals surface area contributed by atoms with Gasteiger partial charge in [-0.3, -0.25) is 9.59 Å². The lowest BCUT2D eigenvalue weighted by Gasteiger charge is -2.35. The number of likely N-dealkylation sites (N-methyl/N-ethyl adjacent to an activating group) is 1. The van der Waals surface area contributed by atoms with Crippen molar-refractivity contribution in [3.8, 4) is 11.5 Å². The second kappa shape index (κ2) is 9.98. The molecule has 1 saturated heterocycles. The van der Waals surface area contributed by atoms with E-state index in [2.05, 4.69) is 28.2 Å². The van der Waals surface area contributed by atoms with Gasteiger partial charge in [-0.25, -0.2) is 0 Å². The monoisotopic (exact) mass is 412 g/mol. The summed E-state index contributed by atoms with van der Waals surface area (Å²) >= 11 is 0. The number of methoxy groups -OCH3 is 1. The number of carbonyl (C=O) groups excluding carboxylic acids is 2. The quantitative estimate of drug-likeness (QED) is 0.677. The Kier molecular flexibility index (Phi) is 7.13. The number of nitrogens with one attached hydrogen (secondary N) is 1. The summed E-state index contributed by atoms with van der Waals surface area (Å²) in [4.78, 5) is 28.3. The van der Waals surface area contributed by atoms with Crippen molar-refractivity contribution in [2.24, 2.45) is 5.73 Å². The molecule has 1 aliphatic rings. The Labute approximate surface area is 176 Å². The molecule has 3 rings (SSSR count). The smallest absolute Gasteiger partial charge is 0.255 e. The highest BCUT2D eigenvalue weighted by atomic mass is 16.5. The number of para-hydroxylation sites is 1. The fourth-order valence-corrected chi connectivity index (χ4v) is 3.37. The third-order valence-electron chi connectivity index (χ3n) is 5.07. The Morgan fingerprint density at radius 1 is 1.07 bits per heavy atom. The normalized spacial score (nSPS) is 14.3. The summed E-state index contributed by atoms with van der Waals surface area (Å²) in [6.45, 7) is 4.13. The van der Waals surface area contributed by atoms with Gasteiger partial charge >= 0.3 is 0 Å². The molecule has 160 valence electrons. The number of rotatable bonds is 8. The van der Waals surface area contributed by atoms with E-state index in [0.29, 0.717) is 23.6 Å². The molecule has 0 saturated carbocycles. The third kappa shape index (κ3) is 5.42. The van der Waals surface area contributed by atoms with Gasteiger partial charge in [-0.15, -0.1) is 0 Å². The van der Waals surface area contributed by atoms with Crippen LogP contribution in [0.1, 0.15) is 15.9 Å². The Hall–Kier alpha value is -3.26. The number of amides is 2. The van der Waals surface area contributed by atoms with Gasteiger partial charge in [-0.1, -0.05) is 18.2 Å². The minimum absolute atomic E-state index is 0.220. The van der Waals surface area contributed by atoms with Gasteiger partial charge < -0.3 is 30.3 Å². The minimum Gasteiger partial charge on any atom is -0.493 e. The van der Waals surface area contributed by atoms with Gasteiger partial charge in [0.25, 0.3) is 11.8 Å². The first-order valence-electron chi connectivity index (χ1n) is 9.86. The number of anilines is 1. The number of ether oxygens (including phenoxy) is 2. The topological polar surface area (TPSA) is 97.1 Å². The van der Waals surface area contributed by atoms with E-state index in [-0.39, 0.29) is 12.5 Å². The Morgan fingerprint density at radius 2 is 1.80 bits per heavy atom. The van der Waals surface area contributed by atoms with Crippen LogP contribution in [0.5, 0.6) is 11.5 Å². The van der Waals surface area contributed by atoms with Gasteiger partial charge in [0, 0.05) is 44.0 Å². The predicted molar refractivity (Wildman–Crippen MR) is 115 cm³/mol. The summed E-state index contributed by atoms with van der Waals surface area (Å²) in [6, 6.07) is 12.9. The molecule has 8 heteroatoms. The number of piperazine rings is 1. The van der Waals surface area contributed by atoms with Crippen molar-refractivity contribution in [2.45, 2.75) is 6.54 Å². The van der Waals surface area contributed by atoms with Crippen molar-refractivity contribution in [1.29, 1.82) is 0 Å². The zero-order valence-corrected chi connectivity index (χ0v) is 17.4. The zero-order chi connectivity index (χ0) is 21.5. The molecule has 0 radical (unpaired) electrons. The number of carbonyl (C=O) groups is 2. The summed E-state index contributed by atoms with van der Waals surface area (Å²) < 4.78 is 10.6. The van der Waals surface area contributed by atoms with Gasteiger partial charge in [0.05, 0.1) is 7.11 Å². The van der Waals surface area contributed by atoms with Crippen LogP contribution in [0, 0.1) is 0 Å². The second-order valence-electron chi connectivity index (χ2n) is 7.22. The molecule has 8 nitrogen and oxygen atoms in total. The second-order valence-corrected chi connectivity index (χ2v) is 7.22. The van der Waals surface area contributed by atoms with Gasteiger partial charge in [0.15, 0.2) is 18.1 Å². The maximum absolute atomic E-state index is 12.7. The van der Waals surface area contributed by atoms with Crippen LogP contribution in [0.4, 0.5) is 5.69 Å². The van der Waals surface area contributed by atoms with Crippen LogP contribution in [-0.4, -0.2) is 63.7 Å². The van der Waals surface area contributed by atoms with E-state index in [1.807, 2.05) is 18.2 Å². The summed E-state index contributed by atoms with van der Waals surface area (Å²) in [5.74, 6) is -0.0872. The molecule has 2 aromatic rings. The molecule has 2 amide bonds. The van der Waals surface area contributed by atoms with Crippen LogP contribution in [-0.2, 0) is 11.3 Å². The molecule has 0 unspecified atom stereocenters. The Morgan fingerprint density at radius 3 is 2.50 bits per heavy atom. The third-order valence-corrected chi connectivity index (χ3v) is 5.07. The van der Waals surface area contributed by atoms with Crippen molar-refractivity contribution in [2.75, 3.05) is 51.8 Å². The van der Waals surface area contributed by atoms with E-state index in [4.69, 9.17) is 15.2 Å². The molecule has 0 atom stereocenters. The van der Waals surface area contributed by atoms with Crippen molar-refractivity contribution in [3.63, 3.8) is 0 Å². The first kappa shape index (κ1) is 21.4. The molecule has 1 aliphatic heterocycles. The summed E-state index contributed by atoms with van der Waals surface area (Å²) in [7, 11) is 3.60. The highest BCUT2D eigenvalue weighted by Crippen LogP contribution is 2.28. The maximum Gasteiger partial charge on any atom is 0.255 e. The largest absolute Gasteiger partial charge is 0.493 e. The van der Waals surface area contributed by atoms with Crippen molar-refractivity contribution in [1.82, 2.24) is 10.2 Å². The van der Waals surface area contributed by atoms with E-state index in [9.17, 15) is 9.59 Å². The highest BCUT2D eigenvalue weighted by Gasteiger charge is 2.17. The van der Waals surface area contributed by atoms with Gasteiger partial charge in [0.1, 0.15) is 0 Å². The van der Waals surface area contributed by atoms with Gasteiger partial charge in [-0.2, -0.15) is 0 Å². The highest BCUT2D eigenvalue weighted by molar-refractivity contribution is 5.95. The van der Waals surface area contributed by atoms with Gasteiger partial charge in [-0.05, 0) is 36.9 Å². The number of nitrogens with zero attached hydrogens (tertiary/aromatic N) is 2.